The zero-order valence-electron chi connectivity index (χ0n) is 11.7. The molecule has 0 aliphatic carbocycles. The van der Waals surface area contributed by atoms with Crippen LogP contribution in [0.25, 0.3) is 0 Å². The van der Waals surface area contributed by atoms with Crippen molar-refractivity contribution in [3.8, 4) is 0 Å². The maximum absolute atomic E-state index is 12.2. The molecular formula is C14H22N2O3. The van der Waals surface area contributed by atoms with Gasteiger partial charge >= 0.3 is 0 Å². The summed E-state index contributed by atoms with van der Waals surface area (Å²) in [6, 6.07) is 0. The van der Waals surface area contributed by atoms with Crippen molar-refractivity contribution in [2.45, 2.75) is 58.6 Å². The number of ether oxygens (including phenoxy) is 1. The lowest BCUT2D eigenvalue weighted by Gasteiger charge is -2.32. The van der Waals surface area contributed by atoms with Crippen molar-refractivity contribution in [1.29, 1.82) is 0 Å². The minimum Gasteiger partial charge on any atom is -0.469 e. The molecule has 2 heterocycles. The van der Waals surface area contributed by atoms with Gasteiger partial charge in [-0.3, -0.25) is 9.69 Å². The van der Waals surface area contributed by atoms with Crippen LogP contribution in [0.15, 0.2) is 16.5 Å². The molecular weight excluding hydrogens is 244 g/mol. The van der Waals surface area contributed by atoms with Gasteiger partial charge in [0.05, 0.1) is 5.57 Å². The van der Waals surface area contributed by atoms with Crippen molar-refractivity contribution in [2.75, 3.05) is 6.54 Å². The van der Waals surface area contributed by atoms with Crippen LogP contribution in [0.2, 0.25) is 0 Å². The predicted octanol–water partition coefficient (Wildman–Crippen LogP) is 2.65. The molecule has 5 nitrogen and oxygen atoms in total. The van der Waals surface area contributed by atoms with Gasteiger partial charge in [0.2, 0.25) is 6.23 Å². The first kappa shape index (κ1) is 13.9. The first-order valence-electron chi connectivity index (χ1n) is 7.07. The van der Waals surface area contributed by atoms with E-state index in [9.17, 15) is 4.79 Å². The first-order chi connectivity index (χ1) is 9.19. The number of hydrogen-bond acceptors (Lipinski definition) is 4. The van der Waals surface area contributed by atoms with Crippen LogP contribution >= 0.6 is 0 Å². The Morgan fingerprint density at radius 2 is 2.21 bits per heavy atom. The van der Waals surface area contributed by atoms with E-state index < -0.39 is 6.23 Å². The van der Waals surface area contributed by atoms with Gasteiger partial charge in [-0.2, -0.15) is 0 Å². The molecule has 1 saturated heterocycles. The van der Waals surface area contributed by atoms with Gasteiger partial charge < -0.3 is 9.94 Å². The fourth-order valence-electron chi connectivity index (χ4n) is 2.61. The monoisotopic (exact) mass is 266 g/mol. The Hall–Kier alpha value is -1.52. The van der Waals surface area contributed by atoms with Gasteiger partial charge in [-0.15, -0.1) is 0 Å². The number of oxime groups is 1. The molecule has 0 aromatic rings. The van der Waals surface area contributed by atoms with Crippen LogP contribution in [0.5, 0.6) is 0 Å². The second-order valence-electron chi connectivity index (χ2n) is 5.17. The zero-order valence-corrected chi connectivity index (χ0v) is 11.7. The van der Waals surface area contributed by atoms with Crippen molar-refractivity contribution < 1.29 is 14.7 Å². The van der Waals surface area contributed by atoms with E-state index >= 15 is 0 Å². The topological polar surface area (TPSA) is 62.1 Å². The summed E-state index contributed by atoms with van der Waals surface area (Å²) in [4.78, 5) is 13.9. The Morgan fingerprint density at radius 1 is 1.42 bits per heavy atom. The van der Waals surface area contributed by atoms with Crippen LogP contribution in [-0.4, -0.2) is 34.5 Å². The molecule has 1 amide bonds. The summed E-state index contributed by atoms with van der Waals surface area (Å²) in [7, 11) is 0. The number of nitrogens with zero attached hydrogens (tertiary/aromatic N) is 2. The summed E-state index contributed by atoms with van der Waals surface area (Å²) < 4.78 is 5.87. The van der Waals surface area contributed by atoms with E-state index in [0.717, 1.165) is 25.0 Å². The summed E-state index contributed by atoms with van der Waals surface area (Å²) in [5.74, 6) is 0.783. The number of rotatable bonds is 5. The van der Waals surface area contributed by atoms with Crippen molar-refractivity contribution >= 4 is 11.6 Å². The highest BCUT2D eigenvalue weighted by molar-refractivity contribution is 6.01. The Bertz CT molecular complexity index is 415. The smallest absolute Gasteiger partial charge is 0.256 e. The number of fused-ring (bicyclic) bond motifs is 1. The standard InChI is InChI=1S/C14H22N2O3/c1-3-4-5-6-7-12-10(2)13(17)16-9-8-11(15-18)14(16)19-12/h14,18H,3-9H2,1-2H3/b15-11+. The number of carbonyl (C=O) groups excluding carboxylic acids is 1. The maximum Gasteiger partial charge on any atom is 0.256 e. The third-order valence-electron chi connectivity index (χ3n) is 3.82. The molecule has 2 aliphatic rings. The Kier molecular flexibility index (Phi) is 4.45. The second kappa shape index (κ2) is 6.08. The number of allylic oxidation sites excluding steroid dienone is 1. The third-order valence-corrected chi connectivity index (χ3v) is 3.82. The average Bonchev–Trinajstić information content (AvgIpc) is 2.83. The highest BCUT2D eigenvalue weighted by Crippen LogP contribution is 2.30. The highest BCUT2D eigenvalue weighted by atomic mass is 16.5. The van der Waals surface area contributed by atoms with Crippen LogP contribution < -0.4 is 0 Å². The fourth-order valence-corrected chi connectivity index (χ4v) is 2.61. The summed E-state index contributed by atoms with van der Waals surface area (Å²) >= 11 is 0. The Balaban J connectivity index is 2.04. The van der Waals surface area contributed by atoms with E-state index in [4.69, 9.17) is 9.94 Å². The molecule has 1 fully saturated rings. The molecule has 5 heteroatoms. The van der Waals surface area contributed by atoms with E-state index in [1.807, 2.05) is 6.92 Å². The summed E-state index contributed by atoms with van der Waals surface area (Å²) in [5, 5.41) is 12.2. The fraction of sp³-hybridized carbons (Fsp3) is 0.714. The highest BCUT2D eigenvalue weighted by Gasteiger charge is 2.41. The second-order valence-corrected chi connectivity index (χ2v) is 5.17. The van der Waals surface area contributed by atoms with Crippen LogP contribution in [0.1, 0.15) is 52.4 Å². The lowest BCUT2D eigenvalue weighted by atomic mass is 10.1. The van der Waals surface area contributed by atoms with Gasteiger partial charge in [0.15, 0.2) is 0 Å². The van der Waals surface area contributed by atoms with Crippen LogP contribution in [0, 0.1) is 0 Å². The molecule has 1 N–H and O–H groups in total. The minimum atomic E-state index is -0.484. The largest absolute Gasteiger partial charge is 0.469 e. The molecule has 106 valence electrons. The van der Waals surface area contributed by atoms with Crippen LogP contribution in [0.4, 0.5) is 0 Å². The molecule has 2 rings (SSSR count). The first-order valence-corrected chi connectivity index (χ1v) is 7.07. The lowest BCUT2D eigenvalue weighted by molar-refractivity contribution is -0.136. The number of carbonyl (C=O) groups is 1. The molecule has 1 atom stereocenters. The van der Waals surface area contributed by atoms with Crippen LogP contribution in [0.3, 0.4) is 0 Å². The van der Waals surface area contributed by atoms with Crippen molar-refractivity contribution in [1.82, 2.24) is 4.90 Å². The van der Waals surface area contributed by atoms with Crippen LogP contribution in [-0.2, 0) is 9.53 Å². The normalized spacial score (nSPS) is 24.9. The van der Waals surface area contributed by atoms with E-state index in [0.29, 0.717) is 24.3 Å². The molecule has 0 radical (unpaired) electrons. The molecule has 0 aromatic heterocycles. The molecule has 0 bridgehead atoms. The number of unbranched alkanes of at least 4 members (excludes halogenated alkanes) is 3. The Morgan fingerprint density at radius 3 is 2.89 bits per heavy atom. The van der Waals surface area contributed by atoms with E-state index in [2.05, 4.69) is 12.1 Å². The minimum absolute atomic E-state index is 0.0143. The quantitative estimate of drug-likeness (QED) is 0.472. The molecule has 0 saturated carbocycles. The predicted molar refractivity (Wildman–Crippen MR) is 71.9 cm³/mol. The van der Waals surface area contributed by atoms with Gasteiger partial charge in [0, 0.05) is 19.4 Å². The van der Waals surface area contributed by atoms with Crippen molar-refractivity contribution in [2.24, 2.45) is 5.16 Å². The van der Waals surface area contributed by atoms with Gasteiger partial charge in [-0.05, 0) is 13.3 Å². The molecule has 0 spiro atoms. The number of amides is 1. The SMILES string of the molecule is CCCCCCC1=C(C)C(=O)N2CC/C(=N\O)C2O1. The lowest BCUT2D eigenvalue weighted by Crippen LogP contribution is -2.44. The summed E-state index contributed by atoms with van der Waals surface area (Å²) in [6.45, 7) is 4.57. The van der Waals surface area contributed by atoms with E-state index in [-0.39, 0.29) is 5.91 Å². The average molecular weight is 266 g/mol. The van der Waals surface area contributed by atoms with Crippen molar-refractivity contribution in [3.63, 3.8) is 0 Å². The summed E-state index contributed by atoms with van der Waals surface area (Å²) in [5.41, 5.74) is 1.25. The van der Waals surface area contributed by atoms with E-state index in [1.165, 1.54) is 12.8 Å². The Labute approximate surface area is 113 Å². The molecule has 19 heavy (non-hydrogen) atoms. The van der Waals surface area contributed by atoms with Crippen molar-refractivity contribution in [3.05, 3.63) is 11.3 Å². The summed E-state index contributed by atoms with van der Waals surface area (Å²) in [6.07, 6.45) is 5.48. The van der Waals surface area contributed by atoms with E-state index in [1.54, 1.807) is 4.90 Å². The third kappa shape index (κ3) is 2.74. The van der Waals surface area contributed by atoms with Gasteiger partial charge in [0.25, 0.3) is 5.91 Å². The van der Waals surface area contributed by atoms with Gasteiger partial charge in [0.1, 0.15) is 11.5 Å². The molecule has 2 aliphatic heterocycles. The van der Waals surface area contributed by atoms with Gasteiger partial charge in [-0.1, -0.05) is 31.3 Å². The molecule has 0 aromatic carbocycles. The zero-order chi connectivity index (χ0) is 13.8. The number of hydrogen-bond donors (Lipinski definition) is 1. The molecule has 1 unspecified atom stereocenters. The maximum atomic E-state index is 12.2. The van der Waals surface area contributed by atoms with Gasteiger partial charge in [-0.25, -0.2) is 0 Å².